The molecule has 0 aromatic heterocycles. The fourth-order valence-electron chi connectivity index (χ4n) is 2.92. The summed E-state index contributed by atoms with van der Waals surface area (Å²) in [6.07, 6.45) is 0. The van der Waals surface area contributed by atoms with E-state index in [1.54, 1.807) is 54.6 Å². The first-order chi connectivity index (χ1) is 14.3. The average Bonchev–Trinajstić information content (AvgIpc) is 2.73. The van der Waals surface area contributed by atoms with E-state index in [1.165, 1.54) is 19.2 Å². The van der Waals surface area contributed by atoms with Gasteiger partial charge in [0.15, 0.2) is 0 Å². The molecule has 0 aliphatic carbocycles. The van der Waals surface area contributed by atoms with Crippen molar-refractivity contribution in [3.8, 4) is 5.75 Å². The molecule has 0 aliphatic heterocycles. The minimum absolute atomic E-state index is 0.0969. The van der Waals surface area contributed by atoms with Gasteiger partial charge < -0.3 is 10.1 Å². The van der Waals surface area contributed by atoms with Gasteiger partial charge in [-0.3, -0.25) is 9.10 Å². The van der Waals surface area contributed by atoms with Gasteiger partial charge in [-0.1, -0.05) is 41.9 Å². The zero-order chi connectivity index (χ0) is 21.7. The Morgan fingerprint density at radius 3 is 2.43 bits per heavy atom. The van der Waals surface area contributed by atoms with Gasteiger partial charge in [-0.2, -0.15) is 0 Å². The molecule has 156 valence electrons. The summed E-state index contributed by atoms with van der Waals surface area (Å²) in [5.74, 6) is -0.114. The highest BCUT2D eigenvalue weighted by atomic mass is 35.5. The molecular formula is C22H21ClN2O4S. The number of methoxy groups -OCH3 is 1. The monoisotopic (exact) mass is 444 g/mol. The molecule has 0 unspecified atom stereocenters. The molecule has 0 spiro atoms. The fraction of sp³-hybridized carbons (Fsp3) is 0.136. The molecule has 3 aromatic rings. The molecule has 0 saturated carbocycles. The van der Waals surface area contributed by atoms with Crippen molar-refractivity contribution < 1.29 is 17.9 Å². The van der Waals surface area contributed by atoms with Crippen molar-refractivity contribution in [1.29, 1.82) is 0 Å². The summed E-state index contributed by atoms with van der Waals surface area (Å²) in [7, 11) is -2.50. The molecular weight excluding hydrogens is 424 g/mol. The van der Waals surface area contributed by atoms with Gasteiger partial charge in [0.25, 0.3) is 10.0 Å². The first-order valence-corrected chi connectivity index (χ1v) is 10.9. The van der Waals surface area contributed by atoms with E-state index >= 15 is 0 Å². The van der Waals surface area contributed by atoms with Crippen LogP contribution in [0.2, 0.25) is 5.02 Å². The van der Waals surface area contributed by atoms with Crippen molar-refractivity contribution >= 4 is 38.9 Å². The highest BCUT2D eigenvalue weighted by Gasteiger charge is 2.27. The van der Waals surface area contributed by atoms with Gasteiger partial charge in [-0.25, -0.2) is 8.42 Å². The maximum absolute atomic E-state index is 13.3. The van der Waals surface area contributed by atoms with Gasteiger partial charge in [-0.05, 0) is 55.0 Å². The van der Waals surface area contributed by atoms with Crippen molar-refractivity contribution in [3.63, 3.8) is 0 Å². The van der Waals surface area contributed by atoms with Gasteiger partial charge in [0.2, 0.25) is 5.91 Å². The quantitative estimate of drug-likeness (QED) is 0.582. The average molecular weight is 445 g/mol. The molecule has 1 N–H and O–H groups in total. The number of rotatable bonds is 7. The van der Waals surface area contributed by atoms with Crippen molar-refractivity contribution in [1.82, 2.24) is 0 Å². The van der Waals surface area contributed by atoms with Crippen LogP contribution in [0.25, 0.3) is 0 Å². The predicted octanol–water partition coefficient (Wildman–Crippen LogP) is 4.49. The third-order valence-corrected chi connectivity index (χ3v) is 6.37. The Hall–Kier alpha value is -3.03. The summed E-state index contributed by atoms with van der Waals surface area (Å²) in [5.41, 5.74) is 1.63. The van der Waals surface area contributed by atoms with E-state index in [0.717, 1.165) is 9.87 Å². The summed E-state index contributed by atoms with van der Waals surface area (Å²) < 4.78 is 32.9. The Morgan fingerprint density at radius 2 is 1.77 bits per heavy atom. The highest BCUT2D eigenvalue weighted by Crippen LogP contribution is 2.28. The number of carbonyl (C=O) groups is 1. The second-order valence-electron chi connectivity index (χ2n) is 6.56. The van der Waals surface area contributed by atoms with Crippen molar-refractivity contribution in [3.05, 3.63) is 83.4 Å². The van der Waals surface area contributed by atoms with E-state index in [1.807, 2.05) is 13.0 Å². The molecule has 30 heavy (non-hydrogen) atoms. The van der Waals surface area contributed by atoms with Gasteiger partial charge in [0.1, 0.15) is 12.3 Å². The van der Waals surface area contributed by atoms with Gasteiger partial charge in [0.05, 0.1) is 23.4 Å². The predicted molar refractivity (Wildman–Crippen MR) is 119 cm³/mol. The molecule has 0 fully saturated rings. The van der Waals surface area contributed by atoms with Gasteiger partial charge in [-0.15, -0.1) is 0 Å². The number of nitrogens with one attached hydrogen (secondary N) is 1. The van der Waals surface area contributed by atoms with Crippen molar-refractivity contribution in [2.45, 2.75) is 11.8 Å². The molecule has 0 radical (unpaired) electrons. The number of anilines is 2. The zero-order valence-electron chi connectivity index (χ0n) is 16.5. The SMILES string of the molecule is COc1ccc(Cl)cc1NC(=O)CN(c1cccc(C)c1)S(=O)(=O)c1ccccc1. The largest absolute Gasteiger partial charge is 0.495 e. The number of halogens is 1. The number of aryl methyl sites for hydroxylation is 1. The lowest BCUT2D eigenvalue weighted by Crippen LogP contribution is -2.38. The van der Waals surface area contributed by atoms with Crippen LogP contribution in [-0.4, -0.2) is 28.0 Å². The third-order valence-electron chi connectivity index (χ3n) is 4.34. The normalized spacial score (nSPS) is 11.0. The number of nitrogens with zero attached hydrogens (tertiary/aromatic N) is 1. The van der Waals surface area contributed by atoms with Crippen LogP contribution in [0.3, 0.4) is 0 Å². The molecule has 3 aromatic carbocycles. The standard InChI is InChI=1S/C22H21ClN2O4S/c1-16-7-6-8-18(13-16)25(30(27,28)19-9-4-3-5-10-19)15-22(26)24-20-14-17(23)11-12-21(20)29-2/h3-14H,15H2,1-2H3,(H,24,26). The molecule has 0 atom stereocenters. The van der Waals surface area contributed by atoms with Crippen LogP contribution in [-0.2, 0) is 14.8 Å². The summed E-state index contributed by atoms with van der Waals surface area (Å²) in [6.45, 7) is 1.43. The Labute approximate surface area is 181 Å². The van der Waals surface area contributed by atoms with Crippen LogP contribution >= 0.6 is 11.6 Å². The first kappa shape index (κ1) is 21.7. The van der Waals surface area contributed by atoms with Crippen LogP contribution in [0, 0.1) is 6.92 Å². The van der Waals surface area contributed by atoms with Gasteiger partial charge >= 0.3 is 0 Å². The fourth-order valence-corrected chi connectivity index (χ4v) is 4.52. The topological polar surface area (TPSA) is 75.7 Å². The summed E-state index contributed by atoms with van der Waals surface area (Å²) in [4.78, 5) is 12.9. The van der Waals surface area contributed by atoms with E-state index < -0.39 is 22.5 Å². The van der Waals surface area contributed by atoms with Crippen molar-refractivity contribution in [2.75, 3.05) is 23.3 Å². The number of hydrogen-bond donors (Lipinski definition) is 1. The molecule has 3 rings (SSSR count). The lowest BCUT2D eigenvalue weighted by atomic mass is 10.2. The van der Waals surface area contributed by atoms with Crippen LogP contribution in [0.1, 0.15) is 5.56 Å². The zero-order valence-corrected chi connectivity index (χ0v) is 18.1. The third kappa shape index (κ3) is 4.93. The van der Waals surface area contributed by atoms with E-state index in [0.29, 0.717) is 22.1 Å². The number of carbonyl (C=O) groups excluding carboxylic acids is 1. The van der Waals surface area contributed by atoms with E-state index in [2.05, 4.69) is 5.32 Å². The number of ether oxygens (including phenoxy) is 1. The van der Waals surface area contributed by atoms with E-state index in [-0.39, 0.29) is 4.90 Å². The number of sulfonamides is 1. The molecule has 1 amide bonds. The first-order valence-electron chi connectivity index (χ1n) is 9.09. The lowest BCUT2D eigenvalue weighted by molar-refractivity contribution is -0.114. The van der Waals surface area contributed by atoms with Gasteiger partial charge in [0, 0.05) is 5.02 Å². The summed E-state index contributed by atoms with van der Waals surface area (Å²) in [6, 6.07) is 19.8. The van der Waals surface area contributed by atoms with Crippen LogP contribution in [0.4, 0.5) is 11.4 Å². The number of benzene rings is 3. The smallest absolute Gasteiger partial charge is 0.264 e. The Bertz CT molecular complexity index is 1150. The molecule has 6 nitrogen and oxygen atoms in total. The summed E-state index contributed by atoms with van der Waals surface area (Å²) in [5, 5.41) is 3.10. The molecule has 0 bridgehead atoms. The highest BCUT2D eigenvalue weighted by molar-refractivity contribution is 7.92. The van der Waals surface area contributed by atoms with Crippen LogP contribution < -0.4 is 14.4 Å². The maximum atomic E-state index is 13.3. The summed E-state index contributed by atoms with van der Waals surface area (Å²) >= 11 is 6.02. The minimum Gasteiger partial charge on any atom is -0.495 e. The molecule has 8 heteroatoms. The minimum atomic E-state index is -3.97. The van der Waals surface area contributed by atoms with Crippen molar-refractivity contribution in [2.24, 2.45) is 0 Å². The Kier molecular flexibility index (Phi) is 6.64. The lowest BCUT2D eigenvalue weighted by Gasteiger charge is -2.24. The second-order valence-corrected chi connectivity index (χ2v) is 8.86. The van der Waals surface area contributed by atoms with E-state index in [4.69, 9.17) is 16.3 Å². The molecule has 0 heterocycles. The Morgan fingerprint density at radius 1 is 1.03 bits per heavy atom. The Balaban J connectivity index is 1.96. The number of hydrogen-bond acceptors (Lipinski definition) is 4. The van der Waals surface area contributed by atoms with E-state index in [9.17, 15) is 13.2 Å². The number of amides is 1. The molecule has 0 saturated heterocycles. The second kappa shape index (κ2) is 9.19. The molecule has 0 aliphatic rings. The maximum Gasteiger partial charge on any atom is 0.264 e. The van der Waals surface area contributed by atoms with Crippen LogP contribution in [0.15, 0.2) is 77.7 Å². The van der Waals surface area contributed by atoms with Crippen LogP contribution in [0.5, 0.6) is 5.75 Å².